The minimum atomic E-state index is -4.72. The van der Waals surface area contributed by atoms with Gasteiger partial charge >= 0.3 is 6.18 Å². The fraction of sp³-hybridized carbons (Fsp3) is 0.643. The Morgan fingerprint density at radius 3 is 2.37 bits per heavy atom. The number of aryl methyl sites for hydroxylation is 1. The molecule has 0 aliphatic carbocycles. The number of aromatic nitrogens is 2. The second-order valence-corrected chi connectivity index (χ2v) is 6.15. The van der Waals surface area contributed by atoms with Gasteiger partial charge < -0.3 is 5.11 Å². The van der Waals surface area contributed by atoms with Crippen molar-refractivity contribution < 1.29 is 40.6 Å². The Bertz CT molecular complexity index is 746. The van der Waals surface area contributed by atoms with Crippen molar-refractivity contribution >= 4 is 11.6 Å². The largest absolute Gasteiger partial charge is 0.435 e. The maximum Gasteiger partial charge on any atom is 0.435 e. The number of carbonyl (C=O) groups excluding carboxylic acids is 1. The summed E-state index contributed by atoms with van der Waals surface area (Å²) in [5.74, 6) is -2.53. The summed E-state index contributed by atoms with van der Waals surface area (Å²) in [5, 5.41) is 16.2. The first-order valence-electron chi connectivity index (χ1n) is 7.59. The molecule has 2 atom stereocenters. The molecule has 0 saturated heterocycles. The van der Waals surface area contributed by atoms with Gasteiger partial charge in [0.1, 0.15) is 5.71 Å². The van der Waals surface area contributed by atoms with Crippen molar-refractivity contribution in [3.63, 3.8) is 0 Å². The van der Waals surface area contributed by atoms with Crippen LogP contribution in [0.4, 0.5) is 30.7 Å². The molecule has 1 N–H and O–H groups in total. The summed E-state index contributed by atoms with van der Waals surface area (Å²) in [6.45, 7) is 1.99. The molecule has 6 nitrogen and oxygen atoms in total. The van der Waals surface area contributed by atoms with Gasteiger partial charge in [-0.1, -0.05) is 6.92 Å². The predicted octanol–water partition coefficient (Wildman–Crippen LogP) is 2.65. The number of halogens is 7. The van der Waals surface area contributed by atoms with Crippen molar-refractivity contribution in [3.05, 3.63) is 17.5 Å². The maximum atomic E-state index is 13.2. The van der Waals surface area contributed by atoms with E-state index in [9.17, 15) is 40.6 Å². The molecule has 1 aromatic heterocycles. The van der Waals surface area contributed by atoms with Crippen LogP contribution in [0.3, 0.4) is 0 Å². The zero-order valence-corrected chi connectivity index (χ0v) is 14.0. The smallest absolute Gasteiger partial charge is 0.364 e. The van der Waals surface area contributed by atoms with Gasteiger partial charge in [-0.15, -0.1) is 0 Å². The van der Waals surface area contributed by atoms with Crippen molar-refractivity contribution in [3.8, 4) is 0 Å². The van der Waals surface area contributed by atoms with E-state index in [4.69, 9.17) is 0 Å². The summed E-state index contributed by atoms with van der Waals surface area (Å²) in [6.07, 6.45) is -12.8. The number of aliphatic hydroxyl groups is 1. The van der Waals surface area contributed by atoms with Gasteiger partial charge in [0.05, 0.1) is 12.5 Å². The number of rotatable bonds is 5. The van der Waals surface area contributed by atoms with Crippen LogP contribution in [0.15, 0.2) is 11.2 Å². The van der Waals surface area contributed by atoms with Crippen molar-refractivity contribution in [1.82, 2.24) is 14.8 Å². The number of nitrogens with zero attached hydrogens (tertiary/aromatic N) is 4. The predicted molar refractivity (Wildman–Crippen MR) is 77.0 cm³/mol. The first-order valence-corrected chi connectivity index (χ1v) is 7.59. The lowest BCUT2D eigenvalue weighted by Gasteiger charge is -2.31. The van der Waals surface area contributed by atoms with E-state index in [-0.39, 0.29) is 10.7 Å². The van der Waals surface area contributed by atoms with Gasteiger partial charge in [0.25, 0.3) is 12.9 Å². The molecule has 27 heavy (non-hydrogen) atoms. The van der Waals surface area contributed by atoms with Crippen LogP contribution in [0.2, 0.25) is 0 Å². The minimum absolute atomic E-state index is 0.0456. The quantitative estimate of drug-likeness (QED) is 0.768. The van der Waals surface area contributed by atoms with Gasteiger partial charge in [-0.05, 0) is 13.0 Å². The van der Waals surface area contributed by atoms with Crippen molar-refractivity contribution in [2.75, 3.05) is 0 Å². The number of hydrazone groups is 1. The van der Waals surface area contributed by atoms with Crippen molar-refractivity contribution in [2.24, 2.45) is 11.0 Å². The molecular weight excluding hydrogens is 389 g/mol. The second-order valence-electron chi connectivity index (χ2n) is 6.15. The highest BCUT2D eigenvalue weighted by Crippen LogP contribution is 2.34. The second kappa shape index (κ2) is 7.09. The van der Waals surface area contributed by atoms with Gasteiger partial charge in [0, 0.05) is 12.1 Å². The van der Waals surface area contributed by atoms with Gasteiger partial charge in [0.2, 0.25) is 11.6 Å². The van der Waals surface area contributed by atoms with Crippen LogP contribution in [-0.2, 0) is 17.5 Å². The Labute approximate surface area is 148 Å². The number of carbonyl (C=O) groups is 1. The van der Waals surface area contributed by atoms with Gasteiger partial charge in [0.15, 0.2) is 5.69 Å². The minimum Gasteiger partial charge on any atom is -0.364 e. The molecule has 152 valence electrons. The van der Waals surface area contributed by atoms with Crippen LogP contribution < -0.4 is 0 Å². The van der Waals surface area contributed by atoms with Crippen LogP contribution in [0.25, 0.3) is 0 Å². The van der Waals surface area contributed by atoms with Crippen molar-refractivity contribution in [1.29, 1.82) is 0 Å². The van der Waals surface area contributed by atoms with E-state index in [1.807, 2.05) is 0 Å². The van der Waals surface area contributed by atoms with E-state index in [2.05, 4.69) is 10.2 Å². The number of hydrogen-bond donors (Lipinski definition) is 1. The fourth-order valence-electron chi connectivity index (χ4n) is 2.50. The molecule has 0 spiro atoms. The maximum absolute atomic E-state index is 13.2. The van der Waals surface area contributed by atoms with Crippen LogP contribution in [0, 0.1) is 12.8 Å². The molecule has 2 heterocycles. The van der Waals surface area contributed by atoms with Gasteiger partial charge in [-0.25, -0.2) is 17.6 Å². The van der Waals surface area contributed by atoms with Crippen LogP contribution in [0.1, 0.15) is 24.7 Å². The lowest BCUT2D eigenvalue weighted by molar-refractivity contribution is -0.195. The molecule has 0 fully saturated rings. The summed E-state index contributed by atoms with van der Waals surface area (Å²) in [5.41, 5.74) is -5.49. The Hall–Kier alpha value is -2.18. The Balaban J connectivity index is 2.24. The van der Waals surface area contributed by atoms with Crippen molar-refractivity contribution in [2.45, 2.75) is 51.6 Å². The molecule has 1 aliphatic rings. The third kappa shape index (κ3) is 4.06. The average molecular weight is 404 g/mol. The third-order valence-corrected chi connectivity index (χ3v) is 3.99. The lowest BCUT2D eigenvalue weighted by atomic mass is 10.1. The SMILES string of the molecule is Cc1cc(C(F)(F)F)nn1C[C@H](C)C(=O)N1N=C(C(F)F)C[C@]1(O)C(F)F. The van der Waals surface area contributed by atoms with E-state index < -0.39 is 60.9 Å². The zero-order valence-electron chi connectivity index (χ0n) is 14.0. The summed E-state index contributed by atoms with van der Waals surface area (Å²) < 4.78 is 90.7. The highest BCUT2D eigenvalue weighted by atomic mass is 19.4. The van der Waals surface area contributed by atoms with Gasteiger partial charge in [-0.3, -0.25) is 9.48 Å². The van der Waals surface area contributed by atoms with Crippen LogP contribution in [-0.4, -0.2) is 50.1 Å². The van der Waals surface area contributed by atoms with Gasteiger partial charge in [-0.2, -0.15) is 28.4 Å². The number of hydrogen-bond acceptors (Lipinski definition) is 4. The summed E-state index contributed by atoms with van der Waals surface area (Å²) >= 11 is 0. The van der Waals surface area contributed by atoms with E-state index in [1.54, 1.807) is 0 Å². The van der Waals surface area contributed by atoms with Crippen LogP contribution >= 0.6 is 0 Å². The molecule has 0 unspecified atom stereocenters. The normalized spacial score (nSPS) is 21.9. The first-order chi connectivity index (χ1) is 12.3. The summed E-state index contributed by atoms with van der Waals surface area (Å²) in [7, 11) is 0. The monoisotopic (exact) mass is 404 g/mol. The molecule has 1 aliphatic heterocycles. The molecule has 0 radical (unpaired) electrons. The zero-order chi connectivity index (χ0) is 20.7. The highest BCUT2D eigenvalue weighted by molar-refractivity contribution is 5.93. The number of alkyl halides is 7. The molecule has 1 aromatic rings. The Morgan fingerprint density at radius 2 is 1.93 bits per heavy atom. The molecule has 2 rings (SSSR count). The Morgan fingerprint density at radius 1 is 1.33 bits per heavy atom. The van der Waals surface area contributed by atoms with E-state index in [0.717, 1.165) is 10.7 Å². The topological polar surface area (TPSA) is 70.7 Å². The third-order valence-electron chi connectivity index (χ3n) is 3.99. The lowest BCUT2D eigenvalue weighted by Crippen LogP contribution is -2.53. The molecule has 0 saturated carbocycles. The number of amides is 1. The Kier molecular flexibility index (Phi) is 5.55. The fourth-order valence-corrected chi connectivity index (χ4v) is 2.50. The van der Waals surface area contributed by atoms with Crippen LogP contribution in [0.5, 0.6) is 0 Å². The van der Waals surface area contributed by atoms with E-state index >= 15 is 0 Å². The summed E-state index contributed by atoms with van der Waals surface area (Å²) in [6, 6.07) is 0.732. The average Bonchev–Trinajstić information content (AvgIpc) is 3.08. The first kappa shape index (κ1) is 21.1. The van der Waals surface area contributed by atoms with E-state index in [0.29, 0.717) is 0 Å². The standard InChI is InChI=1S/C14H15F7N4O2/c1-6(5-24-7(2)3-9(23-24)14(19,20)21)11(26)25-13(27,12(17)18)4-8(22-25)10(15)16/h3,6,10,12,27H,4-5H2,1-2H3/t6-,13-/m0/s1. The molecule has 0 aromatic carbocycles. The van der Waals surface area contributed by atoms with E-state index in [1.165, 1.54) is 13.8 Å². The molecule has 13 heteroatoms. The summed E-state index contributed by atoms with van der Waals surface area (Å²) in [4.78, 5) is 12.4. The highest BCUT2D eigenvalue weighted by Gasteiger charge is 2.53. The molecule has 1 amide bonds. The molecule has 0 bridgehead atoms. The molecular formula is C14H15F7N4O2.